The van der Waals surface area contributed by atoms with E-state index in [9.17, 15) is 14.9 Å². The van der Waals surface area contributed by atoms with Gasteiger partial charge in [0.1, 0.15) is 6.20 Å². The highest BCUT2D eigenvalue weighted by Gasteiger charge is 2.31. The van der Waals surface area contributed by atoms with Gasteiger partial charge in [0, 0.05) is 39.3 Å². The van der Waals surface area contributed by atoms with Gasteiger partial charge >= 0.3 is 5.69 Å². The Labute approximate surface area is 145 Å². The predicted molar refractivity (Wildman–Crippen MR) is 92.2 cm³/mol. The molecular formula is C17H21N5O3. The van der Waals surface area contributed by atoms with Crippen LogP contribution in [0.5, 0.6) is 0 Å². The van der Waals surface area contributed by atoms with Crippen LogP contribution in [0.2, 0.25) is 0 Å². The van der Waals surface area contributed by atoms with Gasteiger partial charge in [0.15, 0.2) is 0 Å². The van der Waals surface area contributed by atoms with Crippen molar-refractivity contribution in [1.29, 1.82) is 0 Å². The van der Waals surface area contributed by atoms with Gasteiger partial charge < -0.3 is 4.90 Å². The van der Waals surface area contributed by atoms with Crippen molar-refractivity contribution >= 4 is 11.6 Å². The monoisotopic (exact) mass is 343 g/mol. The highest BCUT2D eigenvalue weighted by molar-refractivity contribution is 5.96. The SMILES string of the molecule is CCn1cc([N+](=O)[O-])c(C(=O)N2CCN(Cc3ccccc3)CC2)n1. The van der Waals surface area contributed by atoms with Gasteiger partial charge in [-0.15, -0.1) is 0 Å². The molecule has 25 heavy (non-hydrogen) atoms. The summed E-state index contributed by atoms with van der Waals surface area (Å²) in [5.74, 6) is -0.363. The van der Waals surface area contributed by atoms with Crippen LogP contribution in [0, 0.1) is 10.1 Å². The first kappa shape index (κ1) is 17.1. The lowest BCUT2D eigenvalue weighted by atomic mass is 10.2. The number of nitrogens with zero attached hydrogens (tertiary/aromatic N) is 5. The number of amides is 1. The van der Waals surface area contributed by atoms with E-state index in [1.165, 1.54) is 16.4 Å². The van der Waals surface area contributed by atoms with Crippen molar-refractivity contribution in [2.45, 2.75) is 20.0 Å². The lowest BCUT2D eigenvalue weighted by Crippen LogP contribution is -2.48. The van der Waals surface area contributed by atoms with E-state index >= 15 is 0 Å². The van der Waals surface area contributed by atoms with E-state index in [-0.39, 0.29) is 17.3 Å². The van der Waals surface area contributed by atoms with Gasteiger partial charge in [-0.3, -0.25) is 24.5 Å². The van der Waals surface area contributed by atoms with Crippen LogP contribution in [-0.4, -0.2) is 56.6 Å². The van der Waals surface area contributed by atoms with Crippen molar-refractivity contribution in [1.82, 2.24) is 19.6 Å². The van der Waals surface area contributed by atoms with Crippen molar-refractivity contribution in [3.8, 4) is 0 Å². The Kier molecular flexibility index (Phi) is 5.08. The van der Waals surface area contributed by atoms with Gasteiger partial charge in [-0.2, -0.15) is 5.10 Å². The van der Waals surface area contributed by atoms with Gasteiger partial charge in [0.25, 0.3) is 5.91 Å². The van der Waals surface area contributed by atoms with Crippen LogP contribution < -0.4 is 0 Å². The largest absolute Gasteiger partial charge is 0.334 e. The van der Waals surface area contributed by atoms with Gasteiger partial charge in [-0.05, 0) is 12.5 Å². The lowest BCUT2D eigenvalue weighted by Gasteiger charge is -2.34. The van der Waals surface area contributed by atoms with Crippen molar-refractivity contribution in [3.05, 3.63) is 57.9 Å². The summed E-state index contributed by atoms with van der Waals surface area (Å²) in [7, 11) is 0. The molecule has 2 aromatic rings. The summed E-state index contributed by atoms with van der Waals surface area (Å²) in [4.78, 5) is 27.2. The lowest BCUT2D eigenvalue weighted by molar-refractivity contribution is -0.385. The second-order valence-electron chi connectivity index (χ2n) is 6.03. The maximum atomic E-state index is 12.6. The Bertz CT molecular complexity index is 751. The van der Waals surface area contributed by atoms with E-state index in [0.29, 0.717) is 19.6 Å². The molecule has 0 N–H and O–H groups in total. The van der Waals surface area contributed by atoms with Crippen LogP contribution in [0.15, 0.2) is 36.5 Å². The zero-order valence-corrected chi connectivity index (χ0v) is 14.2. The minimum atomic E-state index is -0.544. The highest BCUT2D eigenvalue weighted by atomic mass is 16.6. The minimum absolute atomic E-state index is 0.0663. The molecule has 2 heterocycles. The minimum Gasteiger partial charge on any atom is -0.334 e. The molecule has 1 amide bonds. The third-order valence-electron chi connectivity index (χ3n) is 4.37. The smallest absolute Gasteiger partial charge is 0.320 e. The molecule has 0 spiro atoms. The highest BCUT2D eigenvalue weighted by Crippen LogP contribution is 2.20. The summed E-state index contributed by atoms with van der Waals surface area (Å²) in [5.41, 5.74) is 0.946. The summed E-state index contributed by atoms with van der Waals surface area (Å²) in [6.45, 7) is 5.72. The molecule has 0 aliphatic carbocycles. The average molecular weight is 343 g/mol. The Morgan fingerprint density at radius 2 is 1.88 bits per heavy atom. The maximum absolute atomic E-state index is 12.6. The van der Waals surface area contributed by atoms with Gasteiger partial charge in [-0.1, -0.05) is 30.3 Å². The summed E-state index contributed by atoms with van der Waals surface area (Å²) < 4.78 is 1.43. The van der Waals surface area contributed by atoms with Gasteiger partial charge in [0.2, 0.25) is 5.69 Å². The first-order valence-corrected chi connectivity index (χ1v) is 8.36. The maximum Gasteiger partial charge on any atom is 0.320 e. The normalized spacial score (nSPS) is 15.3. The molecule has 8 nitrogen and oxygen atoms in total. The number of rotatable bonds is 5. The number of aryl methyl sites for hydroxylation is 1. The van der Waals surface area contributed by atoms with Crippen molar-refractivity contribution < 1.29 is 9.72 Å². The van der Waals surface area contributed by atoms with Crippen LogP contribution in [-0.2, 0) is 13.1 Å². The third kappa shape index (κ3) is 3.85. The number of hydrogen-bond donors (Lipinski definition) is 0. The molecule has 1 saturated heterocycles. The van der Waals surface area contributed by atoms with Crippen LogP contribution in [0.4, 0.5) is 5.69 Å². The molecule has 1 aromatic carbocycles. The number of benzene rings is 1. The van der Waals surface area contributed by atoms with Crippen molar-refractivity contribution in [2.24, 2.45) is 0 Å². The van der Waals surface area contributed by atoms with E-state index in [0.717, 1.165) is 19.6 Å². The third-order valence-corrected chi connectivity index (χ3v) is 4.37. The molecular weight excluding hydrogens is 322 g/mol. The first-order valence-electron chi connectivity index (χ1n) is 8.36. The number of nitro groups is 1. The van der Waals surface area contributed by atoms with E-state index in [4.69, 9.17) is 0 Å². The average Bonchev–Trinajstić information content (AvgIpc) is 3.07. The first-order chi connectivity index (χ1) is 12.1. The summed E-state index contributed by atoms with van der Waals surface area (Å²) in [5, 5.41) is 15.2. The molecule has 1 aliphatic heterocycles. The molecule has 1 aromatic heterocycles. The Hall–Kier alpha value is -2.74. The Morgan fingerprint density at radius 1 is 1.20 bits per heavy atom. The number of hydrogen-bond acceptors (Lipinski definition) is 5. The fraction of sp³-hybridized carbons (Fsp3) is 0.412. The van der Waals surface area contributed by atoms with Crippen LogP contribution >= 0.6 is 0 Å². The Balaban J connectivity index is 1.64. The summed E-state index contributed by atoms with van der Waals surface area (Å²) >= 11 is 0. The predicted octanol–water partition coefficient (Wildman–Crippen LogP) is 1.77. The fourth-order valence-corrected chi connectivity index (χ4v) is 2.96. The molecule has 0 radical (unpaired) electrons. The molecule has 3 rings (SSSR count). The molecule has 0 unspecified atom stereocenters. The molecule has 8 heteroatoms. The topological polar surface area (TPSA) is 84.5 Å². The van der Waals surface area contributed by atoms with Crippen LogP contribution in [0.25, 0.3) is 0 Å². The zero-order chi connectivity index (χ0) is 17.8. The number of carbonyl (C=O) groups is 1. The summed E-state index contributed by atoms with van der Waals surface area (Å²) in [6, 6.07) is 10.2. The number of piperazine rings is 1. The molecule has 0 atom stereocenters. The molecule has 1 fully saturated rings. The number of carbonyl (C=O) groups excluding carboxylic acids is 1. The van der Waals surface area contributed by atoms with E-state index < -0.39 is 4.92 Å². The second kappa shape index (κ2) is 7.43. The van der Waals surface area contributed by atoms with Gasteiger partial charge in [-0.25, -0.2) is 0 Å². The number of aromatic nitrogens is 2. The molecule has 132 valence electrons. The summed E-state index contributed by atoms with van der Waals surface area (Å²) in [6.07, 6.45) is 1.32. The van der Waals surface area contributed by atoms with E-state index in [1.807, 2.05) is 25.1 Å². The quantitative estimate of drug-likeness (QED) is 0.610. The zero-order valence-electron chi connectivity index (χ0n) is 14.2. The van der Waals surface area contributed by atoms with E-state index in [1.54, 1.807) is 4.90 Å². The molecule has 0 saturated carbocycles. The van der Waals surface area contributed by atoms with E-state index in [2.05, 4.69) is 22.1 Å². The Morgan fingerprint density at radius 3 is 2.48 bits per heavy atom. The fourth-order valence-electron chi connectivity index (χ4n) is 2.96. The second-order valence-corrected chi connectivity index (χ2v) is 6.03. The van der Waals surface area contributed by atoms with Crippen molar-refractivity contribution in [3.63, 3.8) is 0 Å². The van der Waals surface area contributed by atoms with Gasteiger partial charge in [0.05, 0.1) is 4.92 Å². The van der Waals surface area contributed by atoms with Crippen molar-refractivity contribution in [2.75, 3.05) is 26.2 Å². The van der Waals surface area contributed by atoms with Crippen LogP contribution in [0.1, 0.15) is 23.0 Å². The molecule has 1 aliphatic rings. The standard InChI is InChI=1S/C17H21N5O3/c1-2-21-13-15(22(24)25)16(18-21)17(23)20-10-8-19(9-11-20)12-14-6-4-3-5-7-14/h3-7,13H,2,8-12H2,1H3. The molecule has 0 bridgehead atoms. The van der Waals surface area contributed by atoms with Crippen LogP contribution in [0.3, 0.4) is 0 Å².